The van der Waals surface area contributed by atoms with Gasteiger partial charge in [-0.3, -0.25) is 19.3 Å². The van der Waals surface area contributed by atoms with Crippen molar-refractivity contribution < 1.29 is 23.9 Å². The molecule has 2 aromatic carbocycles. The normalized spacial score (nSPS) is 15.1. The van der Waals surface area contributed by atoms with Gasteiger partial charge in [-0.05, 0) is 48.2 Å². The fourth-order valence-electron chi connectivity index (χ4n) is 2.52. The van der Waals surface area contributed by atoms with E-state index in [9.17, 15) is 14.4 Å². The zero-order valence-electron chi connectivity index (χ0n) is 15.2. The van der Waals surface area contributed by atoms with Crippen LogP contribution < -0.4 is 15.2 Å². The molecule has 0 atom stereocenters. The van der Waals surface area contributed by atoms with Gasteiger partial charge in [-0.1, -0.05) is 34.1 Å². The van der Waals surface area contributed by atoms with E-state index in [4.69, 9.17) is 15.2 Å². The van der Waals surface area contributed by atoms with E-state index in [-0.39, 0.29) is 29.9 Å². The van der Waals surface area contributed by atoms with Crippen molar-refractivity contribution in [3.05, 3.63) is 63.5 Å². The average Bonchev–Trinajstić information content (AvgIpc) is 2.95. The molecule has 2 N–H and O–H groups in total. The number of benzene rings is 2. The number of carbonyl (C=O) groups excluding carboxylic acids is 3. The number of amides is 3. The molecular weight excluding hydrogens is 460 g/mol. The number of primary amides is 1. The number of imide groups is 1. The Bertz CT molecular complexity index is 965. The number of halogens is 1. The van der Waals surface area contributed by atoms with E-state index < -0.39 is 11.8 Å². The summed E-state index contributed by atoms with van der Waals surface area (Å²) in [5.41, 5.74) is 5.67. The maximum absolute atomic E-state index is 12.7. The van der Waals surface area contributed by atoms with Gasteiger partial charge in [-0.2, -0.15) is 0 Å². The number of nitrogens with zero attached hydrogens (tertiary/aromatic N) is 1. The Kier molecular flexibility index (Phi) is 6.95. The second kappa shape index (κ2) is 9.62. The first-order chi connectivity index (χ1) is 13.9. The molecular formula is C20H17BrN2O5S. The quantitative estimate of drug-likeness (QED) is 0.585. The summed E-state index contributed by atoms with van der Waals surface area (Å²) in [6.45, 7) is 0.0420. The third-order valence-electron chi connectivity index (χ3n) is 3.83. The van der Waals surface area contributed by atoms with Gasteiger partial charge >= 0.3 is 0 Å². The predicted molar refractivity (Wildman–Crippen MR) is 113 cm³/mol. The molecule has 0 aromatic heterocycles. The van der Waals surface area contributed by atoms with Crippen LogP contribution in [-0.4, -0.2) is 41.7 Å². The molecule has 1 aliphatic heterocycles. The molecule has 0 radical (unpaired) electrons. The summed E-state index contributed by atoms with van der Waals surface area (Å²) in [6, 6.07) is 14.3. The fourth-order valence-corrected chi connectivity index (χ4v) is 3.75. The summed E-state index contributed by atoms with van der Waals surface area (Å²) >= 11 is 4.20. The molecule has 0 aliphatic carbocycles. The van der Waals surface area contributed by atoms with Gasteiger partial charge in [-0.25, -0.2) is 0 Å². The lowest BCUT2D eigenvalue weighted by atomic mass is 10.2. The number of ether oxygens (including phenoxy) is 2. The number of thioether (sulfide) groups is 1. The molecule has 1 heterocycles. The lowest BCUT2D eigenvalue weighted by molar-refractivity contribution is -0.123. The van der Waals surface area contributed by atoms with Gasteiger partial charge in [0.2, 0.25) is 0 Å². The number of hydrogen-bond donors (Lipinski definition) is 1. The lowest BCUT2D eigenvalue weighted by Crippen LogP contribution is -2.32. The van der Waals surface area contributed by atoms with E-state index in [2.05, 4.69) is 15.9 Å². The molecule has 0 unspecified atom stereocenters. The van der Waals surface area contributed by atoms with Crippen molar-refractivity contribution in [2.24, 2.45) is 5.73 Å². The van der Waals surface area contributed by atoms with E-state index in [1.807, 2.05) is 18.2 Å². The van der Waals surface area contributed by atoms with Crippen molar-refractivity contribution in [3.63, 3.8) is 0 Å². The Hall–Kier alpha value is -2.78. The summed E-state index contributed by atoms with van der Waals surface area (Å²) in [7, 11) is 0. The highest BCUT2D eigenvalue weighted by Crippen LogP contribution is 2.34. The second-order valence-electron chi connectivity index (χ2n) is 5.93. The zero-order valence-corrected chi connectivity index (χ0v) is 17.6. The van der Waals surface area contributed by atoms with Crippen molar-refractivity contribution in [3.8, 4) is 11.5 Å². The highest BCUT2D eigenvalue weighted by molar-refractivity contribution is 9.10. The van der Waals surface area contributed by atoms with Crippen LogP contribution in [0.25, 0.3) is 6.08 Å². The molecule has 3 amide bonds. The minimum Gasteiger partial charge on any atom is -0.492 e. The van der Waals surface area contributed by atoms with Crippen LogP contribution >= 0.6 is 27.7 Å². The first-order valence-electron chi connectivity index (χ1n) is 8.58. The minimum absolute atomic E-state index is 0.139. The molecule has 1 saturated heterocycles. The maximum atomic E-state index is 12.7. The van der Waals surface area contributed by atoms with Gasteiger partial charge in [0, 0.05) is 10.0 Å². The number of nitrogens with two attached hydrogens (primary N) is 1. The number of carbonyl (C=O) groups is 3. The van der Waals surface area contributed by atoms with E-state index in [1.165, 1.54) is 0 Å². The molecule has 3 rings (SSSR count). The molecule has 9 heteroatoms. The lowest BCUT2D eigenvalue weighted by Gasteiger charge is -2.13. The largest absolute Gasteiger partial charge is 0.492 e. The van der Waals surface area contributed by atoms with Crippen molar-refractivity contribution in [1.29, 1.82) is 0 Å². The van der Waals surface area contributed by atoms with Crippen LogP contribution in [0.4, 0.5) is 4.79 Å². The van der Waals surface area contributed by atoms with Gasteiger partial charge in [0.15, 0.2) is 6.61 Å². The molecule has 0 spiro atoms. The minimum atomic E-state index is -0.613. The van der Waals surface area contributed by atoms with Gasteiger partial charge in [0.05, 0.1) is 11.4 Å². The topological polar surface area (TPSA) is 98.9 Å². The van der Waals surface area contributed by atoms with E-state index >= 15 is 0 Å². The predicted octanol–water partition coefficient (Wildman–Crippen LogP) is 3.43. The summed E-state index contributed by atoms with van der Waals surface area (Å²) in [5.74, 6) is 0.0293. The monoisotopic (exact) mass is 476 g/mol. The van der Waals surface area contributed by atoms with Crippen LogP contribution in [-0.2, 0) is 9.59 Å². The Morgan fingerprint density at radius 3 is 2.62 bits per heavy atom. The molecule has 150 valence electrons. The number of rotatable bonds is 8. The molecule has 1 fully saturated rings. The van der Waals surface area contributed by atoms with Crippen molar-refractivity contribution in [1.82, 2.24) is 4.90 Å². The highest BCUT2D eigenvalue weighted by Gasteiger charge is 2.35. The van der Waals surface area contributed by atoms with Crippen molar-refractivity contribution in [2.75, 3.05) is 19.8 Å². The third kappa shape index (κ3) is 5.61. The summed E-state index contributed by atoms with van der Waals surface area (Å²) < 4.78 is 11.7. The highest BCUT2D eigenvalue weighted by atomic mass is 79.9. The van der Waals surface area contributed by atoms with Crippen LogP contribution in [0, 0.1) is 0 Å². The summed E-state index contributed by atoms with van der Waals surface area (Å²) in [5, 5.41) is -0.368. The Morgan fingerprint density at radius 1 is 1.14 bits per heavy atom. The van der Waals surface area contributed by atoms with Crippen LogP contribution in [0.1, 0.15) is 5.56 Å². The third-order valence-corrected chi connectivity index (χ3v) is 5.23. The van der Waals surface area contributed by atoms with Gasteiger partial charge in [-0.15, -0.1) is 0 Å². The van der Waals surface area contributed by atoms with Crippen LogP contribution in [0.15, 0.2) is 57.9 Å². The Balaban J connectivity index is 1.71. The molecule has 0 bridgehead atoms. The maximum Gasteiger partial charge on any atom is 0.293 e. The van der Waals surface area contributed by atoms with E-state index in [1.54, 1.807) is 36.4 Å². The van der Waals surface area contributed by atoms with Gasteiger partial charge in [0.25, 0.3) is 17.1 Å². The fraction of sp³-hybridized carbons (Fsp3) is 0.150. The van der Waals surface area contributed by atoms with Crippen molar-refractivity contribution >= 4 is 50.8 Å². The molecule has 7 nitrogen and oxygen atoms in total. The molecule has 29 heavy (non-hydrogen) atoms. The van der Waals surface area contributed by atoms with E-state index in [0.717, 1.165) is 21.1 Å². The zero-order chi connectivity index (χ0) is 20.8. The van der Waals surface area contributed by atoms with Crippen molar-refractivity contribution in [2.45, 2.75) is 0 Å². The summed E-state index contributed by atoms with van der Waals surface area (Å²) in [4.78, 5) is 37.3. The standard InChI is InChI=1S/C20H17BrN2O5S/c21-14-6-7-16(28-12-18(22)24)13(10-14)11-17-19(25)23(20(26)29-17)8-9-27-15-4-2-1-3-5-15/h1-7,10-11H,8-9,12H2,(H2,22,24)/b17-11-. The SMILES string of the molecule is NC(=O)COc1ccc(Br)cc1/C=C1\SC(=O)N(CCOc2ccccc2)C1=O. The number of para-hydroxylation sites is 1. The van der Waals surface area contributed by atoms with Crippen LogP contribution in [0.3, 0.4) is 0 Å². The van der Waals surface area contributed by atoms with Gasteiger partial charge < -0.3 is 15.2 Å². The Labute approximate surface area is 180 Å². The average molecular weight is 477 g/mol. The first kappa shape index (κ1) is 20.9. The molecule has 2 aromatic rings. The Morgan fingerprint density at radius 2 is 1.90 bits per heavy atom. The number of hydrogen-bond acceptors (Lipinski definition) is 6. The van der Waals surface area contributed by atoms with Gasteiger partial charge in [0.1, 0.15) is 18.1 Å². The second-order valence-corrected chi connectivity index (χ2v) is 7.84. The van der Waals surface area contributed by atoms with E-state index in [0.29, 0.717) is 17.1 Å². The first-order valence-corrected chi connectivity index (χ1v) is 10.2. The van der Waals surface area contributed by atoms with Crippen LogP contribution in [0.5, 0.6) is 11.5 Å². The van der Waals surface area contributed by atoms with Crippen LogP contribution in [0.2, 0.25) is 0 Å². The smallest absolute Gasteiger partial charge is 0.293 e. The molecule has 0 saturated carbocycles. The molecule has 1 aliphatic rings. The summed E-state index contributed by atoms with van der Waals surface area (Å²) in [6.07, 6.45) is 1.56.